The van der Waals surface area contributed by atoms with Crippen LogP contribution in [0.25, 0.3) is 0 Å². The summed E-state index contributed by atoms with van der Waals surface area (Å²) in [4.78, 5) is 26.1. The van der Waals surface area contributed by atoms with Crippen LogP contribution in [0.3, 0.4) is 0 Å². The highest BCUT2D eigenvalue weighted by Crippen LogP contribution is 2.32. The Morgan fingerprint density at radius 3 is 2.67 bits per heavy atom. The quantitative estimate of drug-likeness (QED) is 0.760. The molecule has 0 radical (unpaired) electrons. The van der Waals surface area contributed by atoms with Crippen LogP contribution in [0.2, 0.25) is 0 Å². The van der Waals surface area contributed by atoms with E-state index in [9.17, 15) is 14.7 Å². The van der Waals surface area contributed by atoms with Crippen LogP contribution in [-0.4, -0.2) is 54.4 Å². The van der Waals surface area contributed by atoms with Crippen molar-refractivity contribution < 1.29 is 24.2 Å². The van der Waals surface area contributed by atoms with Crippen molar-refractivity contribution in [3.63, 3.8) is 0 Å². The van der Waals surface area contributed by atoms with Crippen LogP contribution in [0.15, 0.2) is 23.1 Å². The maximum absolute atomic E-state index is 12.3. The summed E-state index contributed by atoms with van der Waals surface area (Å²) in [6, 6.07) is 4.94. The van der Waals surface area contributed by atoms with Gasteiger partial charge in [-0.15, -0.1) is 11.8 Å². The molecule has 1 amide bonds. The fourth-order valence-corrected chi connectivity index (χ4v) is 3.66. The van der Waals surface area contributed by atoms with Crippen molar-refractivity contribution >= 4 is 23.6 Å². The zero-order valence-corrected chi connectivity index (χ0v) is 14.8. The van der Waals surface area contributed by atoms with Gasteiger partial charge in [-0.05, 0) is 37.5 Å². The molecule has 1 aromatic rings. The van der Waals surface area contributed by atoms with Crippen molar-refractivity contribution in [2.45, 2.75) is 36.6 Å². The lowest BCUT2D eigenvalue weighted by Crippen LogP contribution is -2.48. The number of nitrogens with zero attached hydrogens (tertiary/aromatic N) is 1. The van der Waals surface area contributed by atoms with E-state index in [-0.39, 0.29) is 5.91 Å². The molecule has 132 valence electrons. The lowest BCUT2D eigenvalue weighted by molar-refractivity contribution is -0.151. The third kappa shape index (κ3) is 4.56. The van der Waals surface area contributed by atoms with E-state index in [0.29, 0.717) is 36.6 Å². The van der Waals surface area contributed by atoms with E-state index in [1.54, 1.807) is 26.0 Å². The van der Waals surface area contributed by atoms with E-state index >= 15 is 0 Å². The summed E-state index contributed by atoms with van der Waals surface area (Å²) in [5, 5.41) is 9.24. The number of hydrogen-bond acceptors (Lipinski definition) is 5. The maximum atomic E-state index is 12.3. The van der Waals surface area contributed by atoms with E-state index in [4.69, 9.17) is 9.47 Å². The Kier molecular flexibility index (Phi) is 6.78. The number of amides is 1. The number of methoxy groups -OCH3 is 2. The molecule has 1 fully saturated rings. The molecular formula is C17H23NO5S. The van der Waals surface area contributed by atoms with Gasteiger partial charge in [0.2, 0.25) is 5.91 Å². The summed E-state index contributed by atoms with van der Waals surface area (Å²) < 4.78 is 10.5. The summed E-state index contributed by atoms with van der Waals surface area (Å²) in [5.41, 5.74) is 0. The van der Waals surface area contributed by atoms with Crippen molar-refractivity contribution in [1.82, 2.24) is 4.90 Å². The van der Waals surface area contributed by atoms with Crippen LogP contribution in [0.1, 0.15) is 25.7 Å². The van der Waals surface area contributed by atoms with Gasteiger partial charge in [0.05, 0.1) is 14.2 Å². The smallest absolute Gasteiger partial charge is 0.326 e. The molecule has 1 aliphatic heterocycles. The third-order valence-corrected chi connectivity index (χ3v) is 5.04. The minimum Gasteiger partial charge on any atom is -0.493 e. The lowest BCUT2D eigenvalue weighted by Gasteiger charge is -2.33. The van der Waals surface area contributed by atoms with Gasteiger partial charge in [-0.25, -0.2) is 4.79 Å². The first-order chi connectivity index (χ1) is 11.6. The van der Waals surface area contributed by atoms with Gasteiger partial charge in [0, 0.05) is 23.6 Å². The highest BCUT2D eigenvalue weighted by atomic mass is 32.2. The van der Waals surface area contributed by atoms with E-state index in [0.717, 1.165) is 17.7 Å². The molecule has 7 heteroatoms. The third-order valence-electron chi connectivity index (χ3n) is 4.05. The zero-order chi connectivity index (χ0) is 17.5. The van der Waals surface area contributed by atoms with Crippen molar-refractivity contribution in [1.29, 1.82) is 0 Å². The van der Waals surface area contributed by atoms with Crippen LogP contribution >= 0.6 is 11.8 Å². The van der Waals surface area contributed by atoms with E-state index in [2.05, 4.69) is 0 Å². The summed E-state index contributed by atoms with van der Waals surface area (Å²) in [5.74, 6) is 0.911. The number of rotatable bonds is 7. The largest absolute Gasteiger partial charge is 0.493 e. The van der Waals surface area contributed by atoms with Gasteiger partial charge in [-0.3, -0.25) is 4.79 Å². The van der Waals surface area contributed by atoms with Crippen LogP contribution < -0.4 is 9.47 Å². The molecular weight excluding hydrogens is 330 g/mol. The van der Waals surface area contributed by atoms with Crippen molar-refractivity contribution in [3.8, 4) is 11.5 Å². The summed E-state index contributed by atoms with van der Waals surface area (Å²) in [6.07, 6.45) is 2.60. The Morgan fingerprint density at radius 1 is 1.25 bits per heavy atom. The average molecular weight is 353 g/mol. The van der Waals surface area contributed by atoms with Gasteiger partial charge in [-0.1, -0.05) is 0 Å². The molecule has 1 heterocycles. The maximum Gasteiger partial charge on any atom is 0.326 e. The zero-order valence-electron chi connectivity index (χ0n) is 14.0. The number of carbonyl (C=O) groups is 2. The van der Waals surface area contributed by atoms with Gasteiger partial charge < -0.3 is 19.5 Å². The predicted octanol–water partition coefficient (Wildman–Crippen LogP) is 2.65. The molecule has 0 saturated carbocycles. The van der Waals surface area contributed by atoms with Crippen molar-refractivity contribution in [2.75, 3.05) is 26.5 Å². The number of carboxylic acid groups (broad SMARTS) is 1. The molecule has 6 nitrogen and oxygen atoms in total. The van der Waals surface area contributed by atoms with E-state index < -0.39 is 12.0 Å². The Balaban J connectivity index is 1.89. The highest BCUT2D eigenvalue weighted by molar-refractivity contribution is 7.99. The van der Waals surface area contributed by atoms with Crippen LogP contribution in [0, 0.1) is 0 Å². The number of piperidine rings is 1. The highest BCUT2D eigenvalue weighted by Gasteiger charge is 2.31. The molecule has 1 N–H and O–H groups in total. The Hall–Kier alpha value is -1.89. The average Bonchev–Trinajstić information content (AvgIpc) is 2.61. The number of thioether (sulfide) groups is 1. The molecule has 2 rings (SSSR count). The molecule has 1 aliphatic rings. The van der Waals surface area contributed by atoms with Gasteiger partial charge in [0.1, 0.15) is 6.04 Å². The Morgan fingerprint density at radius 2 is 2.00 bits per heavy atom. The molecule has 1 saturated heterocycles. The fraction of sp³-hybridized carbons (Fsp3) is 0.529. The number of carboxylic acids is 1. The van der Waals surface area contributed by atoms with E-state index in [1.807, 2.05) is 18.2 Å². The van der Waals surface area contributed by atoms with Gasteiger partial charge >= 0.3 is 5.97 Å². The SMILES string of the molecule is COc1ccc(SCCC(=O)N2CCCCC2C(=O)O)cc1OC. The van der Waals surface area contributed by atoms with Crippen LogP contribution in [0.4, 0.5) is 0 Å². The molecule has 0 aromatic heterocycles. The second kappa shape index (κ2) is 8.82. The first-order valence-corrected chi connectivity index (χ1v) is 8.92. The summed E-state index contributed by atoms with van der Waals surface area (Å²) in [6.45, 7) is 0.539. The van der Waals surface area contributed by atoms with Gasteiger partial charge in [0.25, 0.3) is 0 Å². The minimum atomic E-state index is -0.907. The number of ether oxygens (including phenoxy) is 2. The van der Waals surface area contributed by atoms with Gasteiger partial charge in [0.15, 0.2) is 11.5 Å². The standard InChI is InChI=1S/C17H23NO5S/c1-22-14-7-6-12(11-15(14)23-2)24-10-8-16(19)18-9-4-3-5-13(18)17(20)21/h6-7,11,13H,3-5,8-10H2,1-2H3,(H,20,21). The van der Waals surface area contributed by atoms with Gasteiger partial charge in [-0.2, -0.15) is 0 Å². The van der Waals surface area contributed by atoms with Crippen molar-refractivity contribution in [3.05, 3.63) is 18.2 Å². The fourth-order valence-electron chi connectivity index (χ4n) is 2.79. The Labute approximate surface area is 146 Å². The second-order valence-electron chi connectivity index (χ2n) is 5.55. The lowest BCUT2D eigenvalue weighted by atomic mass is 10.0. The molecule has 0 bridgehead atoms. The first kappa shape index (κ1) is 18.4. The molecule has 0 spiro atoms. The number of hydrogen-bond donors (Lipinski definition) is 1. The first-order valence-electron chi connectivity index (χ1n) is 7.94. The molecule has 1 aromatic carbocycles. The minimum absolute atomic E-state index is 0.0879. The van der Waals surface area contributed by atoms with Crippen LogP contribution in [0.5, 0.6) is 11.5 Å². The number of carbonyl (C=O) groups excluding carboxylic acids is 1. The molecule has 1 atom stereocenters. The topological polar surface area (TPSA) is 76.1 Å². The molecule has 0 aliphatic carbocycles. The normalized spacial score (nSPS) is 17.4. The monoisotopic (exact) mass is 353 g/mol. The van der Waals surface area contributed by atoms with E-state index in [1.165, 1.54) is 4.90 Å². The number of likely N-dealkylation sites (tertiary alicyclic amines) is 1. The second-order valence-corrected chi connectivity index (χ2v) is 6.72. The summed E-state index contributed by atoms with van der Waals surface area (Å²) >= 11 is 1.54. The molecule has 24 heavy (non-hydrogen) atoms. The van der Waals surface area contributed by atoms with Crippen molar-refractivity contribution in [2.24, 2.45) is 0 Å². The molecule has 1 unspecified atom stereocenters. The number of benzene rings is 1. The summed E-state index contributed by atoms with van der Waals surface area (Å²) in [7, 11) is 3.17. The van der Waals surface area contributed by atoms with Crippen LogP contribution in [-0.2, 0) is 9.59 Å². The predicted molar refractivity (Wildman–Crippen MR) is 91.9 cm³/mol. The number of aliphatic carboxylic acids is 1. The Bertz CT molecular complexity index is 592.